The van der Waals surface area contributed by atoms with Gasteiger partial charge in [0.15, 0.2) is 0 Å². The van der Waals surface area contributed by atoms with Crippen LogP contribution in [0, 0.1) is 20.8 Å². The molecule has 12 rings (SSSR count). The number of para-hydroxylation sites is 1. The molecule has 6 aromatic carbocycles. The number of carbonyl (C=O) groups excluding carboxylic acids is 6. The molecule has 12 aromatic rings. The number of H-pyrrole nitrogens is 3. The number of nitrogens with zero attached hydrogens (tertiary/aromatic N) is 9. The number of fused-ring (bicyclic) bond motifs is 3. The molecule has 25 heteroatoms. The number of anilines is 9. The van der Waals surface area contributed by atoms with Crippen molar-refractivity contribution >= 4 is 132 Å². The van der Waals surface area contributed by atoms with Crippen molar-refractivity contribution in [1.82, 2.24) is 44.9 Å². The second-order valence-corrected chi connectivity index (χ2v) is 23.4. The van der Waals surface area contributed by atoms with Crippen molar-refractivity contribution in [1.29, 1.82) is 0 Å². The number of rotatable bonds is 12. The highest BCUT2D eigenvalue weighted by Crippen LogP contribution is 2.29. The van der Waals surface area contributed by atoms with Gasteiger partial charge in [-0.2, -0.15) is 0 Å². The Labute approximate surface area is 551 Å². The number of nitrogens with one attached hydrogen (secondary N) is 9. The lowest BCUT2D eigenvalue weighted by atomic mass is 9.87. The van der Waals surface area contributed by atoms with Crippen LogP contribution in [0.1, 0.15) is 74.1 Å². The van der Waals surface area contributed by atoms with Gasteiger partial charge in [-0.1, -0.05) is 80.9 Å². The zero-order chi connectivity index (χ0) is 67.5. The monoisotopic (exact) mass is 1290 g/mol. The van der Waals surface area contributed by atoms with Gasteiger partial charge >= 0.3 is 18.1 Å². The maximum Gasteiger partial charge on any atom is 0.327 e. The van der Waals surface area contributed by atoms with E-state index >= 15 is 0 Å². The molecule has 0 saturated carbocycles. The van der Waals surface area contributed by atoms with E-state index in [-0.39, 0.29) is 41.2 Å². The van der Waals surface area contributed by atoms with Crippen molar-refractivity contribution in [3.8, 4) is 0 Å². The van der Waals surface area contributed by atoms with Crippen molar-refractivity contribution in [3.63, 3.8) is 0 Å². The molecule has 0 fully saturated rings. The molecule has 0 spiro atoms. The first-order valence-electron chi connectivity index (χ1n) is 29.7. The summed E-state index contributed by atoms with van der Waals surface area (Å²) in [7, 11) is 4.89. The number of halogens is 1. The first-order chi connectivity index (χ1) is 45.6. The van der Waals surface area contributed by atoms with Crippen LogP contribution in [-0.2, 0) is 5.41 Å². The zero-order valence-corrected chi connectivity index (χ0v) is 54.0. The largest absolute Gasteiger partial charge is 0.346 e. The summed E-state index contributed by atoms with van der Waals surface area (Å²) in [5.74, 6) is 0.629. The van der Waals surface area contributed by atoms with Gasteiger partial charge in [0.2, 0.25) is 0 Å². The molecule has 6 aromatic heterocycles. The quantitative estimate of drug-likeness (QED) is 0.0552. The fourth-order valence-corrected chi connectivity index (χ4v) is 9.80. The second kappa shape index (κ2) is 28.9. The number of aromatic nitrogens is 9. The van der Waals surface area contributed by atoms with Gasteiger partial charge < -0.3 is 46.9 Å². The van der Waals surface area contributed by atoms with Crippen molar-refractivity contribution in [2.75, 3.05) is 67.7 Å². The number of carbonyl (C=O) groups is 6. The van der Waals surface area contributed by atoms with Gasteiger partial charge in [0, 0.05) is 95.6 Å². The minimum atomic E-state index is -0.389. The van der Waals surface area contributed by atoms with E-state index in [0.717, 1.165) is 32.8 Å². The summed E-state index contributed by atoms with van der Waals surface area (Å²) in [6.07, 6.45) is 9.43. The van der Waals surface area contributed by atoms with Crippen LogP contribution in [0.4, 0.5) is 66.0 Å². The van der Waals surface area contributed by atoms with Crippen LogP contribution in [0.25, 0.3) is 33.1 Å². The summed E-state index contributed by atoms with van der Waals surface area (Å²) in [5, 5.41) is 20.0. The summed E-state index contributed by atoms with van der Waals surface area (Å²) >= 11 is 5.88. The SMILES string of the molecule is Cc1ccc(C(=O)Nc2ccc(C(C)(C)C)cc2)cc1NC(=O)N(C)c1ncnc2[nH]ccc12.Cc1ccc(C(=O)Nc2ccc(Cl)cc2)cc1NC(=O)N(C)c1ncnc2[nH]ccc12.Cc1ccc(C(=O)Nc2ccccc2)cc1NC(=O)N(C)c1ncnc2[nH]ccc12. The molecule has 0 radical (unpaired) electrons. The lowest BCUT2D eigenvalue weighted by Crippen LogP contribution is -2.32. The number of hydrogen-bond acceptors (Lipinski definition) is 12. The van der Waals surface area contributed by atoms with E-state index in [1.807, 2.05) is 93.6 Å². The van der Waals surface area contributed by atoms with Gasteiger partial charge in [0.25, 0.3) is 17.7 Å². The molecule has 95 heavy (non-hydrogen) atoms. The zero-order valence-electron chi connectivity index (χ0n) is 53.3. The first kappa shape index (κ1) is 65.6. The van der Waals surface area contributed by atoms with E-state index in [0.29, 0.717) is 90.2 Å². The fourth-order valence-electron chi connectivity index (χ4n) is 9.68. The predicted molar refractivity (Wildman–Crippen MR) is 374 cm³/mol. The fraction of sp³-hybridized carbons (Fsp3) is 0.143. The standard InChI is InChI=1S/C26H28N6O2.C22H19ClN6O2.C22H20N6O2/c1-16-6-7-17(24(33)30-19-10-8-18(9-11-19)26(2,3)4)14-21(16)31-25(34)32(5)23-20-12-13-27-22(20)28-15-29-23;1-13-3-4-14(21(30)27-16-7-5-15(23)6-8-16)11-18(13)28-22(31)29(2)20-17-9-10-24-19(17)25-12-26-20;1-14-8-9-15(21(29)26-16-6-4-3-5-7-16)12-18(14)27-22(30)28(2)20-17-10-11-23-19(17)24-13-25-20/h6-15H,1-5H3,(H,30,33)(H,31,34)(H,27,28,29);3-12H,1-2H3,(H,27,30)(H,28,31)(H,24,25,26);3-13H,1-2H3,(H,26,29)(H,27,30)(H,23,24,25). The molecular formula is C70H67ClN18O6. The highest BCUT2D eigenvalue weighted by molar-refractivity contribution is 6.30. The van der Waals surface area contributed by atoms with Crippen molar-refractivity contribution in [2.45, 2.75) is 47.0 Å². The molecule has 0 bridgehead atoms. The highest BCUT2D eigenvalue weighted by atomic mass is 35.5. The van der Waals surface area contributed by atoms with Gasteiger partial charge in [-0.3, -0.25) is 29.1 Å². The molecule has 0 unspecified atom stereocenters. The Hall–Kier alpha value is -12.3. The van der Waals surface area contributed by atoms with E-state index in [2.05, 4.69) is 97.5 Å². The third-order valence-electron chi connectivity index (χ3n) is 15.2. The number of aromatic amines is 3. The molecule has 9 amide bonds. The lowest BCUT2D eigenvalue weighted by Gasteiger charge is -2.19. The molecular weight excluding hydrogens is 1220 g/mol. The molecule has 0 aliphatic carbocycles. The summed E-state index contributed by atoms with van der Waals surface area (Å²) in [6, 6.07) is 43.7. The molecule has 6 heterocycles. The molecule has 0 aliphatic rings. The minimum Gasteiger partial charge on any atom is -0.346 e. The van der Waals surface area contributed by atoms with E-state index in [1.165, 1.54) is 39.2 Å². The topological polar surface area (TPSA) is 309 Å². The third kappa shape index (κ3) is 15.9. The van der Waals surface area contributed by atoms with Gasteiger partial charge in [0.05, 0.1) is 16.2 Å². The summed E-state index contributed by atoms with van der Waals surface area (Å²) < 4.78 is 0. The maximum absolute atomic E-state index is 13.0. The number of hydrogen-bond donors (Lipinski definition) is 9. The Kier molecular flexibility index (Phi) is 20.0. The van der Waals surface area contributed by atoms with Crippen molar-refractivity contribution in [3.05, 3.63) is 233 Å². The molecule has 480 valence electrons. The smallest absolute Gasteiger partial charge is 0.327 e. The van der Waals surface area contributed by atoms with E-state index in [1.54, 1.807) is 119 Å². The highest BCUT2D eigenvalue weighted by Gasteiger charge is 2.22. The molecule has 0 atom stereocenters. The molecule has 0 aliphatic heterocycles. The Morgan fingerprint density at radius 1 is 0.389 bits per heavy atom. The number of benzene rings is 6. The summed E-state index contributed by atoms with van der Waals surface area (Å²) in [5.41, 5.74) is 10.6. The molecule has 9 N–H and O–H groups in total. The Bertz CT molecular complexity index is 4800. The second-order valence-electron chi connectivity index (χ2n) is 22.9. The van der Waals surface area contributed by atoms with Crippen molar-refractivity contribution in [2.24, 2.45) is 0 Å². The average Bonchev–Trinajstić information content (AvgIpc) is 1.84. The van der Waals surface area contributed by atoms with E-state index in [4.69, 9.17) is 11.6 Å². The Morgan fingerprint density at radius 3 is 1.03 bits per heavy atom. The number of urea groups is 3. The Morgan fingerprint density at radius 2 is 0.705 bits per heavy atom. The molecule has 24 nitrogen and oxygen atoms in total. The van der Waals surface area contributed by atoms with E-state index in [9.17, 15) is 28.8 Å². The van der Waals surface area contributed by atoms with Gasteiger partial charge in [-0.25, -0.2) is 44.3 Å². The third-order valence-corrected chi connectivity index (χ3v) is 15.5. The normalized spacial score (nSPS) is 10.9. The van der Waals surface area contributed by atoms with Gasteiger partial charge in [-0.05, 0) is 152 Å². The maximum atomic E-state index is 13.0. The summed E-state index contributed by atoms with van der Waals surface area (Å²) in [6.45, 7) is 12.0. The van der Waals surface area contributed by atoms with Crippen LogP contribution in [0.2, 0.25) is 5.02 Å². The van der Waals surface area contributed by atoms with Crippen LogP contribution < -0.4 is 46.6 Å². The predicted octanol–water partition coefficient (Wildman–Crippen LogP) is 14.5. The average molecular weight is 1290 g/mol. The minimum absolute atomic E-state index is 0.0401. The first-order valence-corrected chi connectivity index (χ1v) is 30.1. The van der Waals surface area contributed by atoms with Crippen LogP contribution in [0.15, 0.2) is 189 Å². The van der Waals surface area contributed by atoms with Crippen LogP contribution in [0.5, 0.6) is 0 Å². The van der Waals surface area contributed by atoms with Crippen molar-refractivity contribution < 1.29 is 28.8 Å². The van der Waals surface area contributed by atoms with Gasteiger partial charge in [-0.15, -0.1) is 0 Å². The number of amides is 9. The number of aryl methyl sites for hydroxylation is 3. The van der Waals surface area contributed by atoms with Crippen LogP contribution >= 0.6 is 11.6 Å². The Balaban J connectivity index is 0.000000156. The van der Waals surface area contributed by atoms with Crippen LogP contribution in [-0.4, -0.2) is 102 Å². The van der Waals surface area contributed by atoms with Crippen LogP contribution in [0.3, 0.4) is 0 Å². The van der Waals surface area contributed by atoms with E-state index < -0.39 is 0 Å². The lowest BCUT2D eigenvalue weighted by molar-refractivity contribution is 0.101. The molecule has 0 saturated heterocycles. The summed E-state index contributed by atoms with van der Waals surface area (Å²) in [4.78, 5) is 115. The van der Waals surface area contributed by atoms with Gasteiger partial charge in [0.1, 0.15) is 53.4 Å².